The summed E-state index contributed by atoms with van der Waals surface area (Å²) in [5, 5.41) is 3.24. The van der Waals surface area contributed by atoms with E-state index in [-0.39, 0.29) is 17.5 Å². The topological polar surface area (TPSA) is 32.3 Å². The molecular formula is C18H23F3N2O. The van der Waals surface area contributed by atoms with Crippen molar-refractivity contribution in [3.8, 4) is 0 Å². The van der Waals surface area contributed by atoms with Crippen molar-refractivity contribution < 1.29 is 18.0 Å². The van der Waals surface area contributed by atoms with E-state index in [1.54, 1.807) is 17.0 Å². The summed E-state index contributed by atoms with van der Waals surface area (Å²) in [5.74, 6) is -0.440. The summed E-state index contributed by atoms with van der Waals surface area (Å²) in [6.45, 7) is 5.45. The van der Waals surface area contributed by atoms with Crippen molar-refractivity contribution in [1.29, 1.82) is 0 Å². The molecule has 1 aromatic rings. The van der Waals surface area contributed by atoms with Crippen molar-refractivity contribution in [2.24, 2.45) is 5.41 Å². The molecule has 2 atom stereocenters. The van der Waals surface area contributed by atoms with Gasteiger partial charge in [-0.3, -0.25) is 4.79 Å². The van der Waals surface area contributed by atoms with E-state index in [9.17, 15) is 18.0 Å². The zero-order valence-electron chi connectivity index (χ0n) is 14.0. The molecule has 3 rings (SSSR count). The molecular weight excluding hydrogens is 317 g/mol. The van der Waals surface area contributed by atoms with Crippen LogP contribution in [0, 0.1) is 5.41 Å². The van der Waals surface area contributed by atoms with E-state index in [0.717, 1.165) is 19.0 Å². The van der Waals surface area contributed by atoms with Crippen LogP contribution in [0.3, 0.4) is 0 Å². The standard InChI is InChI=1S/C18H23F3N2O/c1-12(2)23-10-15(17(16(23)24)8-5-9-22-11-17)13-6-3-4-7-14(13)18(19,20)21/h3-4,6-7,12,15,22H,5,8-11H2,1-2H3/t15-,17-/m0/s1. The second-order valence-electron chi connectivity index (χ2n) is 7.13. The number of piperidine rings is 1. The van der Waals surface area contributed by atoms with Gasteiger partial charge in [-0.25, -0.2) is 0 Å². The van der Waals surface area contributed by atoms with Crippen LogP contribution in [-0.2, 0) is 11.0 Å². The monoisotopic (exact) mass is 340 g/mol. The smallest absolute Gasteiger partial charge is 0.339 e. The van der Waals surface area contributed by atoms with Crippen LogP contribution in [-0.4, -0.2) is 36.5 Å². The summed E-state index contributed by atoms with van der Waals surface area (Å²) < 4.78 is 40.5. The first-order valence-electron chi connectivity index (χ1n) is 8.45. The summed E-state index contributed by atoms with van der Waals surface area (Å²) in [4.78, 5) is 14.8. The molecule has 0 aliphatic carbocycles. The molecule has 2 saturated heterocycles. The molecule has 132 valence electrons. The normalized spacial score (nSPS) is 28.2. The fourth-order valence-corrected chi connectivity index (χ4v) is 4.20. The number of nitrogens with zero attached hydrogens (tertiary/aromatic N) is 1. The lowest BCUT2D eigenvalue weighted by Gasteiger charge is -2.37. The number of alkyl halides is 3. The Bertz CT molecular complexity index is 621. The Morgan fingerprint density at radius 1 is 1.29 bits per heavy atom. The predicted octanol–water partition coefficient (Wildman–Crippen LogP) is 3.41. The third kappa shape index (κ3) is 2.70. The van der Waals surface area contributed by atoms with Gasteiger partial charge in [0.25, 0.3) is 0 Å². The molecule has 2 fully saturated rings. The Labute approximate surface area is 140 Å². The number of nitrogens with one attached hydrogen (secondary N) is 1. The Hall–Kier alpha value is -1.56. The first-order valence-corrected chi connectivity index (χ1v) is 8.45. The van der Waals surface area contributed by atoms with E-state index in [2.05, 4.69) is 5.32 Å². The van der Waals surface area contributed by atoms with Crippen LogP contribution in [0.5, 0.6) is 0 Å². The number of carbonyl (C=O) groups excluding carboxylic acids is 1. The molecule has 0 aromatic heterocycles. The van der Waals surface area contributed by atoms with E-state index < -0.39 is 23.1 Å². The SMILES string of the molecule is CC(C)N1C[C@@H](c2ccccc2C(F)(F)F)[C@@]2(CCCNC2)C1=O. The van der Waals surface area contributed by atoms with Crippen molar-refractivity contribution in [2.45, 2.75) is 44.8 Å². The highest BCUT2D eigenvalue weighted by atomic mass is 19.4. The van der Waals surface area contributed by atoms with Gasteiger partial charge in [-0.2, -0.15) is 13.2 Å². The second-order valence-corrected chi connectivity index (χ2v) is 7.13. The number of hydrogen-bond acceptors (Lipinski definition) is 2. The second kappa shape index (κ2) is 6.06. The number of amides is 1. The molecule has 0 bridgehead atoms. The number of halogens is 3. The van der Waals surface area contributed by atoms with E-state index >= 15 is 0 Å². The van der Waals surface area contributed by atoms with Gasteiger partial charge >= 0.3 is 6.18 Å². The highest BCUT2D eigenvalue weighted by Crippen LogP contribution is 2.51. The predicted molar refractivity (Wildman–Crippen MR) is 85.6 cm³/mol. The van der Waals surface area contributed by atoms with Gasteiger partial charge in [-0.05, 0) is 44.9 Å². The van der Waals surface area contributed by atoms with Gasteiger partial charge in [0.1, 0.15) is 0 Å². The van der Waals surface area contributed by atoms with Gasteiger partial charge in [-0.1, -0.05) is 18.2 Å². The van der Waals surface area contributed by atoms with Crippen molar-refractivity contribution in [3.05, 3.63) is 35.4 Å². The van der Waals surface area contributed by atoms with Crippen LogP contribution in [0.4, 0.5) is 13.2 Å². The molecule has 1 spiro atoms. The van der Waals surface area contributed by atoms with Gasteiger partial charge in [0.05, 0.1) is 11.0 Å². The molecule has 0 radical (unpaired) electrons. The fraction of sp³-hybridized carbons (Fsp3) is 0.611. The summed E-state index contributed by atoms with van der Waals surface area (Å²) in [6.07, 6.45) is -2.96. The maximum absolute atomic E-state index is 13.5. The third-order valence-electron chi connectivity index (χ3n) is 5.41. The lowest BCUT2D eigenvalue weighted by Crippen LogP contribution is -2.48. The maximum atomic E-state index is 13.5. The quantitative estimate of drug-likeness (QED) is 0.895. The minimum Gasteiger partial charge on any atom is -0.339 e. The van der Waals surface area contributed by atoms with Crippen molar-refractivity contribution >= 4 is 5.91 Å². The molecule has 0 unspecified atom stereocenters. The summed E-state index contributed by atoms with van der Waals surface area (Å²) in [5.41, 5.74) is -1.12. The van der Waals surface area contributed by atoms with Crippen LogP contribution >= 0.6 is 0 Å². The van der Waals surface area contributed by atoms with Crippen LogP contribution in [0.25, 0.3) is 0 Å². The molecule has 1 aromatic carbocycles. The van der Waals surface area contributed by atoms with E-state index in [4.69, 9.17) is 0 Å². The largest absolute Gasteiger partial charge is 0.416 e. The molecule has 0 saturated carbocycles. The average molecular weight is 340 g/mol. The van der Waals surface area contributed by atoms with E-state index in [0.29, 0.717) is 19.5 Å². The van der Waals surface area contributed by atoms with Crippen LogP contribution in [0.15, 0.2) is 24.3 Å². The maximum Gasteiger partial charge on any atom is 0.416 e. The average Bonchev–Trinajstić information content (AvgIpc) is 2.81. The minimum absolute atomic E-state index is 0.00771. The molecule has 2 heterocycles. The minimum atomic E-state index is -4.41. The Balaban J connectivity index is 2.10. The highest BCUT2D eigenvalue weighted by Gasteiger charge is 2.56. The first-order chi connectivity index (χ1) is 11.3. The van der Waals surface area contributed by atoms with Gasteiger partial charge < -0.3 is 10.2 Å². The van der Waals surface area contributed by atoms with Crippen molar-refractivity contribution in [3.63, 3.8) is 0 Å². The Morgan fingerprint density at radius 2 is 2.00 bits per heavy atom. The number of rotatable bonds is 2. The zero-order chi connectivity index (χ0) is 17.5. The number of hydrogen-bond donors (Lipinski definition) is 1. The molecule has 6 heteroatoms. The lowest BCUT2D eigenvalue weighted by molar-refractivity contribution is -0.141. The van der Waals surface area contributed by atoms with Crippen LogP contribution in [0.2, 0.25) is 0 Å². The van der Waals surface area contributed by atoms with Crippen molar-refractivity contribution in [2.75, 3.05) is 19.6 Å². The summed E-state index contributed by atoms with van der Waals surface area (Å²) in [6, 6.07) is 5.70. The number of benzene rings is 1. The van der Waals surface area contributed by atoms with Gasteiger partial charge in [-0.15, -0.1) is 0 Å². The van der Waals surface area contributed by atoms with Gasteiger partial charge in [0.15, 0.2) is 0 Å². The number of likely N-dealkylation sites (tertiary alicyclic amines) is 1. The summed E-state index contributed by atoms with van der Waals surface area (Å²) >= 11 is 0. The summed E-state index contributed by atoms with van der Waals surface area (Å²) in [7, 11) is 0. The van der Waals surface area contributed by atoms with E-state index in [1.807, 2.05) is 13.8 Å². The lowest BCUT2D eigenvalue weighted by atomic mass is 9.68. The van der Waals surface area contributed by atoms with E-state index in [1.165, 1.54) is 6.07 Å². The van der Waals surface area contributed by atoms with Crippen molar-refractivity contribution in [1.82, 2.24) is 10.2 Å². The Morgan fingerprint density at radius 3 is 2.58 bits per heavy atom. The molecule has 1 N–H and O–H groups in total. The number of carbonyl (C=O) groups is 1. The third-order valence-corrected chi connectivity index (χ3v) is 5.41. The molecule has 3 nitrogen and oxygen atoms in total. The van der Waals surface area contributed by atoms with Crippen LogP contribution in [0.1, 0.15) is 43.7 Å². The molecule has 2 aliphatic heterocycles. The molecule has 2 aliphatic rings. The van der Waals surface area contributed by atoms with Crippen LogP contribution < -0.4 is 5.32 Å². The molecule has 24 heavy (non-hydrogen) atoms. The van der Waals surface area contributed by atoms with Gasteiger partial charge in [0, 0.05) is 25.0 Å². The molecule has 1 amide bonds. The Kier molecular flexibility index (Phi) is 4.36. The highest BCUT2D eigenvalue weighted by molar-refractivity contribution is 5.87. The fourth-order valence-electron chi connectivity index (χ4n) is 4.20. The zero-order valence-corrected chi connectivity index (χ0v) is 14.0. The van der Waals surface area contributed by atoms with Gasteiger partial charge in [0.2, 0.25) is 5.91 Å². The first kappa shape index (κ1) is 17.3.